The highest BCUT2D eigenvalue weighted by atomic mass is 79.9. The van der Waals surface area contributed by atoms with Gasteiger partial charge in [-0.15, -0.1) is 0 Å². The minimum atomic E-state index is -0.187. The van der Waals surface area contributed by atoms with Crippen LogP contribution in [0, 0.1) is 6.92 Å². The molecule has 0 spiro atoms. The predicted octanol–water partition coefficient (Wildman–Crippen LogP) is 4.00. The number of benzene rings is 1. The van der Waals surface area contributed by atoms with Crippen molar-refractivity contribution in [1.82, 2.24) is 0 Å². The molecule has 0 bridgehead atoms. The number of rotatable bonds is 3. The summed E-state index contributed by atoms with van der Waals surface area (Å²) >= 11 is 3.41. The largest absolute Gasteiger partial charge is 0.465 e. The van der Waals surface area contributed by atoms with Crippen LogP contribution in [0.2, 0.25) is 0 Å². The van der Waals surface area contributed by atoms with Crippen LogP contribution in [0.25, 0.3) is 6.08 Å². The Bertz CT molecular complexity index is 573. The number of amides is 1. The summed E-state index contributed by atoms with van der Waals surface area (Å²) in [6.07, 6.45) is 4.63. The molecular formula is C14H12BrNO2. The zero-order valence-electron chi connectivity index (χ0n) is 9.81. The smallest absolute Gasteiger partial charge is 0.248 e. The van der Waals surface area contributed by atoms with Crippen LogP contribution in [0.5, 0.6) is 0 Å². The van der Waals surface area contributed by atoms with Crippen molar-refractivity contribution in [3.8, 4) is 0 Å². The number of furan rings is 1. The van der Waals surface area contributed by atoms with Gasteiger partial charge in [-0.3, -0.25) is 4.79 Å². The van der Waals surface area contributed by atoms with Crippen LogP contribution in [-0.2, 0) is 4.79 Å². The van der Waals surface area contributed by atoms with Gasteiger partial charge in [0.25, 0.3) is 0 Å². The number of hydrogen-bond acceptors (Lipinski definition) is 2. The molecule has 4 heteroatoms. The second-order valence-electron chi connectivity index (χ2n) is 3.80. The molecule has 0 saturated carbocycles. The highest BCUT2D eigenvalue weighted by Crippen LogP contribution is 2.19. The molecule has 1 amide bonds. The fourth-order valence-corrected chi connectivity index (χ4v) is 1.70. The molecule has 0 aliphatic heterocycles. The summed E-state index contributed by atoms with van der Waals surface area (Å²) in [5, 5.41) is 2.78. The molecule has 0 aliphatic carbocycles. The first-order valence-corrected chi connectivity index (χ1v) is 6.23. The lowest BCUT2D eigenvalue weighted by Crippen LogP contribution is -2.07. The van der Waals surface area contributed by atoms with Crippen LogP contribution >= 0.6 is 15.9 Å². The number of hydrogen-bond donors (Lipinski definition) is 1. The molecule has 3 nitrogen and oxygen atoms in total. The van der Waals surface area contributed by atoms with Crippen molar-refractivity contribution in [2.45, 2.75) is 6.92 Å². The number of carbonyl (C=O) groups excluding carboxylic acids is 1. The van der Waals surface area contributed by atoms with Gasteiger partial charge in [-0.2, -0.15) is 0 Å². The zero-order chi connectivity index (χ0) is 13.0. The Morgan fingerprint density at radius 2 is 2.22 bits per heavy atom. The Balaban J connectivity index is 2.01. The average Bonchev–Trinajstić information content (AvgIpc) is 2.84. The normalized spacial score (nSPS) is 10.8. The molecule has 2 aromatic rings. The van der Waals surface area contributed by atoms with E-state index in [-0.39, 0.29) is 5.91 Å². The Morgan fingerprint density at radius 3 is 2.89 bits per heavy atom. The molecule has 0 unspecified atom stereocenters. The minimum absolute atomic E-state index is 0.187. The van der Waals surface area contributed by atoms with Gasteiger partial charge < -0.3 is 9.73 Å². The van der Waals surface area contributed by atoms with E-state index in [2.05, 4.69) is 21.2 Å². The van der Waals surface area contributed by atoms with Crippen LogP contribution in [0.1, 0.15) is 11.3 Å². The van der Waals surface area contributed by atoms with Crippen LogP contribution in [-0.4, -0.2) is 5.91 Å². The van der Waals surface area contributed by atoms with E-state index in [9.17, 15) is 4.79 Å². The van der Waals surface area contributed by atoms with Crippen molar-refractivity contribution in [1.29, 1.82) is 0 Å². The van der Waals surface area contributed by atoms with Crippen molar-refractivity contribution in [2.24, 2.45) is 0 Å². The molecule has 1 N–H and O–H groups in total. The molecule has 2 rings (SSSR count). The predicted molar refractivity (Wildman–Crippen MR) is 75.3 cm³/mol. The van der Waals surface area contributed by atoms with Crippen molar-refractivity contribution >= 4 is 33.6 Å². The molecule has 0 saturated heterocycles. The third-order valence-electron chi connectivity index (χ3n) is 2.37. The van der Waals surface area contributed by atoms with E-state index in [0.29, 0.717) is 5.76 Å². The number of carbonyl (C=O) groups is 1. The molecular weight excluding hydrogens is 294 g/mol. The summed E-state index contributed by atoms with van der Waals surface area (Å²) in [7, 11) is 0. The number of aryl methyl sites for hydroxylation is 1. The first-order valence-electron chi connectivity index (χ1n) is 5.44. The van der Waals surface area contributed by atoms with Gasteiger partial charge in [0.15, 0.2) is 0 Å². The molecule has 92 valence electrons. The van der Waals surface area contributed by atoms with E-state index >= 15 is 0 Å². The minimum Gasteiger partial charge on any atom is -0.465 e. The van der Waals surface area contributed by atoms with Gasteiger partial charge in [-0.05, 0) is 48.9 Å². The third kappa shape index (κ3) is 3.34. The summed E-state index contributed by atoms with van der Waals surface area (Å²) in [6, 6.07) is 9.21. The highest BCUT2D eigenvalue weighted by molar-refractivity contribution is 9.10. The maximum atomic E-state index is 11.7. The van der Waals surface area contributed by atoms with Crippen molar-refractivity contribution in [3.05, 3.63) is 58.5 Å². The maximum absolute atomic E-state index is 11.7. The number of anilines is 1. The molecule has 1 heterocycles. The first-order chi connectivity index (χ1) is 8.65. The summed E-state index contributed by atoms with van der Waals surface area (Å²) in [6.45, 7) is 1.97. The number of halogens is 1. The van der Waals surface area contributed by atoms with E-state index in [4.69, 9.17) is 4.42 Å². The van der Waals surface area contributed by atoms with E-state index in [1.807, 2.05) is 25.1 Å². The lowest BCUT2D eigenvalue weighted by molar-refractivity contribution is -0.111. The summed E-state index contributed by atoms with van der Waals surface area (Å²) in [5.74, 6) is 0.463. The monoisotopic (exact) mass is 305 g/mol. The van der Waals surface area contributed by atoms with Crippen LogP contribution < -0.4 is 5.32 Å². The topological polar surface area (TPSA) is 42.2 Å². The van der Waals surface area contributed by atoms with Gasteiger partial charge in [0.1, 0.15) is 5.76 Å². The summed E-state index contributed by atoms with van der Waals surface area (Å²) in [4.78, 5) is 11.7. The van der Waals surface area contributed by atoms with Gasteiger partial charge in [-0.1, -0.05) is 15.9 Å². The summed E-state index contributed by atoms with van der Waals surface area (Å²) in [5.41, 5.74) is 1.84. The maximum Gasteiger partial charge on any atom is 0.248 e. The second kappa shape index (κ2) is 5.69. The zero-order valence-corrected chi connectivity index (χ0v) is 11.4. The Morgan fingerprint density at radius 1 is 1.39 bits per heavy atom. The summed E-state index contributed by atoms with van der Waals surface area (Å²) < 4.78 is 6.12. The van der Waals surface area contributed by atoms with Gasteiger partial charge >= 0.3 is 0 Å². The standard InChI is InChI=1S/C14H12BrNO2/c1-10-9-11(4-6-13(10)15)16-14(17)7-5-12-3-2-8-18-12/h2-9H,1H3,(H,16,17). The van der Waals surface area contributed by atoms with Crippen molar-refractivity contribution in [3.63, 3.8) is 0 Å². The fraction of sp³-hybridized carbons (Fsp3) is 0.0714. The molecule has 1 aromatic carbocycles. The quantitative estimate of drug-likeness (QED) is 0.871. The van der Waals surface area contributed by atoms with Gasteiger partial charge in [0.05, 0.1) is 6.26 Å². The fourth-order valence-electron chi connectivity index (χ4n) is 1.45. The van der Waals surface area contributed by atoms with E-state index in [1.165, 1.54) is 6.08 Å². The lowest BCUT2D eigenvalue weighted by Gasteiger charge is -2.04. The molecule has 0 radical (unpaired) electrons. The van der Waals surface area contributed by atoms with Crippen molar-refractivity contribution in [2.75, 3.05) is 5.32 Å². The highest BCUT2D eigenvalue weighted by Gasteiger charge is 2.00. The van der Waals surface area contributed by atoms with Crippen LogP contribution in [0.15, 0.2) is 51.6 Å². The molecule has 0 atom stereocenters. The van der Waals surface area contributed by atoms with E-state index in [0.717, 1.165) is 15.7 Å². The van der Waals surface area contributed by atoms with E-state index in [1.54, 1.807) is 24.5 Å². The number of nitrogens with one attached hydrogen (secondary N) is 1. The second-order valence-corrected chi connectivity index (χ2v) is 4.66. The molecule has 18 heavy (non-hydrogen) atoms. The molecule has 0 aliphatic rings. The Hall–Kier alpha value is -1.81. The lowest BCUT2D eigenvalue weighted by atomic mass is 10.2. The van der Waals surface area contributed by atoms with Crippen LogP contribution in [0.4, 0.5) is 5.69 Å². The van der Waals surface area contributed by atoms with Gasteiger partial charge in [-0.25, -0.2) is 0 Å². The third-order valence-corrected chi connectivity index (χ3v) is 3.26. The van der Waals surface area contributed by atoms with E-state index < -0.39 is 0 Å². The Labute approximate surface area is 114 Å². The van der Waals surface area contributed by atoms with Crippen LogP contribution in [0.3, 0.4) is 0 Å². The van der Waals surface area contributed by atoms with Gasteiger partial charge in [0.2, 0.25) is 5.91 Å². The average molecular weight is 306 g/mol. The SMILES string of the molecule is Cc1cc(NC(=O)C=Cc2ccco2)ccc1Br. The van der Waals surface area contributed by atoms with Crippen molar-refractivity contribution < 1.29 is 9.21 Å². The van der Waals surface area contributed by atoms with Gasteiger partial charge in [0, 0.05) is 16.2 Å². The Kier molecular flexibility index (Phi) is 3.99. The first kappa shape index (κ1) is 12.6. The molecule has 1 aromatic heterocycles. The molecule has 0 fully saturated rings.